The Hall–Kier alpha value is -1.03. The van der Waals surface area contributed by atoms with Gasteiger partial charge in [0.25, 0.3) is 5.91 Å². The zero-order valence-corrected chi connectivity index (χ0v) is 12.6. The van der Waals surface area contributed by atoms with Crippen molar-refractivity contribution in [3.63, 3.8) is 0 Å². The zero-order chi connectivity index (χ0) is 13.7. The average Bonchev–Trinajstić information content (AvgIpc) is 2.32. The van der Waals surface area contributed by atoms with Gasteiger partial charge in [-0.3, -0.25) is 4.79 Å². The van der Waals surface area contributed by atoms with Crippen LogP contribution in [-0.4, -0.2) is 17.1 Å². The first-order valence-electron chi connectivity index (χ1n) is 6.96. The van der Waals surface area contributed by atoms with Crippen molar-refractivity contribution in [1.29, 1.82) is 0 Å². The molecule has 2 N–H and O–H groups in total. The molecule has 0 bridgehead atoms. The van der Waals surface area contributed by atoms with Crippen LogP contribution in [0.3, 0.4) is 0 Å². The highest BCUT2D eigenvalue weighted by molar-refractivity contribution is 9.10. The topological polar surface area (TPSA) is 49.3 Å². The number of phenols is 1. The molecule has 1 aliphatic carbocycles. The number of hydrogen-bond donors (Lipinski definition) is 2. The Bertz CT molecular complexity index is 440. The van der Waals surface area contributed by atoms with Crippen molar-refractivity contribution in [2.45, 2.75) is 51.0 Å². The summed E-state index contributed by atoms with van der Waals surface area (Å²) in [4.78, 5) is 12.2. The Morgan fingerprint density at radius 3 is 2.42 bits per heavy atom. The molecule has 0 spiro atoms. The van der Waals surface area contributed by atoms with Crippen LogP contribution < -0.4 is 5.32 Å². The maximum Gasteiger partial charge on any atom is 0.255 e. The fourth-order valence-electron chi connectivity index (χ4n) is 2.56. The van der Waals surface area contributed by atoms with Crippen LogP contribution in [0.25, 0.3) is 0 Å². The lowest BCUT2D eigenvalue weighted by Crippen LogP contribution is -2.35. The van der Waals surface area contributed by atoms with E-state index < -0.39 is 0 Å². The van der Waals surface area contributed by atoms with Gasteiger partial charge in [-0.2, -0.15) is 0 Å². The predicted molar refractivity (Wildman–Crippen MR) is 79.4 cm³/mol. The van der Waals surface area contributed by atoms with Crippen LogP contribution in [0, 0.1) is 0 Å². The summed E-state index contributed by atoms with van der Waals surface area (Å²) in [6, 6.07) is 5.22. The Morgan fingerprint density at radius 2 is 1.79 bits per heavy atom. The summed E-state index contributed by atoms with van der Waals surface area (Å²) in [5, 5.41) is 12.8. The van der Waals surface area contributed by atoms with Gasteiger partial charge in [0, 0.05) is 10.5 Å². The largest absolute Gasteiger partial charge is 0.507 e. The zero-order valence-electron chi connectivity index (χ0n) is 11.0. The van der Waals surface area contributed by atoms with Crippen molar-refractivity contribution < 1.29 is 9.90 Å². The van der Waals surface area contributed by atoms with Gasteiger partial charge in [-0.05, 0) is 31.0 Å². The van der Waals surface area contributed by atoms with Gasteiger partial charge in [-0.1, -0.05) is 48.0 Å². The van der Waals surface area contributed by atoms with Crippen LogP contribution in [-0.2, 0) is 0 Å². The molecule has 1 saturated carbocycles. The van der Waals surface area contributed by atoms with Crippen LogP contribution in [0.5, 0.6) is 5.75 Å². The third-order valence-corrected chi connectivity index (χ3v) is 4.14. The molecule has 0 unspecified atom stereocenters. The molecule has 0 aliphatic heterocycles. The molecule has 2 rings (SSSR count). The average molecular weight is 326 g/mol. The number of nitrogens with one attached hydrogen (secondary N) is 1. The summed E-state index contributed by atoms with van der Waals surface area (Å²) in [6.45, 7) is 0. The number of benzene rings is 1. The number of amides is 1. The summed E-state index contributed by atoms with van der Waals surface area (Å²) < 4.78 is 0.771. The SMILES string of the molecule is O=C(NC1CCCCCCC1)c1ccc(Br)cc1O. The summed E-state index contributed by atoms with van der Waals surface area (Å²) in [5.41, 5.74) is 0.352. The van der Waals surface area contributed by atoms with E-state index in [-0.39, 0.29) is 17.7 Å². The lowest BCUT2D eigenvalue weighted by molar-refractivity contribution is 0.0928. The van der Waals surface area contributed by atoms with E-state index in [9.17, 15) is 9.90 Å². The Labute approximate surface area is 122 Å². The molecular formula is C15H20BrNO2. The predicted octanol–water partition coefficient (Wildman–Crippen LogP) is 4.00. The van der Waals surface area contributed by atoms with Gasteiger partial charge in [0.15, 0.2) is 0 Å². The summed E-state index contributed by atoms with van der Waals surface area (Å²) in [5.74, 6) is -0.145. The number of halogens is 1. The Morgan fingerprint density at radius 1 is 1.16 bits per heavy atom. The van der Waals surface area contributed by atoms with E-state index in [1.165, 1.54) is 32.1 Å². The van der Waals surface area contributed by atoms with Crippen molar-refractivity contribution in [3.8, 4) is 5.75 Å². The lowest BCUT2D eigenvalue weighted by atomic mass is 9.96. The molecule has 0 radical (unpaired) electrons. The molecule has 19 heavy (non-hydrogen) atoms. The van der Waals surface area contributed by atoms with Gasteiger partial charge < -0.3 is 10.4 Å². The highest BCUT2D eigenvalue weighted by Gasteiger charge is 2.17. The van der Waals surface area contributed by atoms with E-state index in [2.05, 4.69) is 21.2 Å². The number of hydrogen-bond acceptors (Lipinski definition) is 2. The van der Waals surface area contributed by atoms with Gasteiger partial charge in [-0.25, -0.2) is 0 Å². The van der Waals surface area contributed by atoms with Crippen LogP contribution in [0.4, 0.5) is 0 Å². The molecule has 104 valence electrons. The van der Waals surface area contributed by atoms with Crippen LogP contribution in [0.15, 0.2) is 22.7 Å². The van der Waals surface area contributed by atoms with Crippen molar-refractivity contribution in [2.75, 3.05) is 0 Å². The van der Waals surface area contributed by atoms with E-state index in [4.69, 9.17) is 0 Å². The summed E-state index contributed by atoms with van der Waals surface area (Å²) in [7, 11) is 0. The van der Waals surface area contributed by atoms with E-state index in [0.717, 1.165) is 17.3 Å². The maximum absolute atomic E-state index is 12.2. The van der Waals surface area contributed by atoms with Gasteiger partial charge in [0.2, 0.25) is 0 Å². The molecule has 1 amide bonds. The molecule has 0 heterocycles. The van der Waals surface area contributed by atoms with Gasteiger partial charge in [0.1, 0.15) is 5.75 Å². The normalized spacial score (nSPS) is 17.5. The van der Waals surface area contributed by atoms with E-state index in [1.807, 2.05) is 0 Å². The molecule has 1 aromatic rings. The fourth-order valence-corrected chi connectivity index (χ4v) is 2.91. The second-order valence-electron chi connectivity index (χ2n) is 5.18. The minimum atomic E-state index is -0.171. The lowest BCUT2D eigenvalue weighted by Gasteiger charge is -2.21. The molecule has 4 heteroatoms. The monoisotopic (exact) mass is 325 g/mol. The Kier molecular flexibility index (Phi) is 5.25. The standard InChI is InChI=1S/C15H20BrNO2/c16-11-8-9-13(14(18)10-11)15(19)17-12-6-4-2-1-3-5-7-12/h8-10,12,18H,1-7H2,(H,17,19). The highest BCUT2D eigenvalue weighted by Crippen LogP contribution is 2.23. The van der Waals surface area contributed by atoms with Crippen LogP contribution in [0.2, 0.25) is 0 Å². The first-order valence-corrected chi connectivity index (χ1v) is 7.75. The van der Waals surface area contributed by atoms with E-state index >= 15 is 0 Å². The third-order valence-electron chi connectivity index (χ3n) is 3.64. The molecule has 0 aromatic heterocycles. The Balaban J connectivity index is 1.99. The van der Waals surface area contributed by atoms with Crippen molar-refractivity contribution in [2.24, 2.45) is 0 Å². The number of phenolic OH excluding ortho intramolecular Hbond substituents is 1. The van der Waals surface area contributed by atoms with E-state index in [1.54, 1.807) is 18.2 Å². The number of aromatic hydroxyl groups is 1. The molecule has 3 nitrogen and oxygen atoms in total. The second kappa shape index (κ2) is 6.94. The van der Waals surface area contributed by atoms with Gasteiger partial charge in [0.05, 0.1) is 5.56 Å². The quantitative estimate of drug-likeness (QED) is 0.863. The maximum atomic E-state index is 12.2. The molecular weight excluding hydrogens is 306 g/mol. The van der Waals surface area contributed by atoms with Gasteiger partial charge in [-0.15, -0.1) is 0 Å². The van der Waals surface area contributed by atoms with Crippen molar-refractivity contribution >= 4 is 21.8 Å². The summed E-state index contributed by atoms with van der Waals surface area (Å²) in [6.07, 6.45) is 8.28. The van der Waals surface area contributed by atoms with Gasteiger partial charge >= 0.3 is 0 Å². The highest BCUT2D eigenvalue weighted by atomic mass is 79.9. The number of carbonyl (C=O) groups excluding carboxylic acids is 1. The number of carbonyl (C=O) groups is 1. The molecule has 0 atom stereocenters. The van der Waals surface area contributed by atoms with Crippen LogP contribution >= 0.6 is 15.9 Å². The minimum Gasteiger partial charge on any atom is -0.507 e. The first kappa shape index (κ1) is 14.4. The van der Waals surface area contributed by atoms with Crippen LogP contribution in [0.1, 0.15) is 55.3 Å². The van der Waals surface area contributed by atoms with Crippen molar-refractivity contribution in [3.05, 3.63) is 28.2 Å². The molecule has 1 fully saturated rings. The minimum absolute atomic E-state index is 0.0257. The molecule has 1 aliphatic rings. The fraction of sp³-hybridized carbons (Fsp3) is 0.533. The van der Waals surface area contributed by atoms with Crippen molar-refractivity contribution in [1.82, 2.24) is 5.32 Å². The third kappa shape index (κ3) is 4.23. The molecule has 0 saturated heterocycles. The van der Waals surface area contributed by atoms with E-state index in [0.29, 0.717) is 5.56 Å². The smallest absolute Gasteiger partial charge is 0.255 e. The second-order valence-corrected chi connectivity index (χ2v) is 6.09. The number of rotatable bonds is 2. The molecule has 1 aromatic carbocycles. The first-order chi connectivity index (χ1) is 9.16. The summed E-state index contributed by atoms with van der Waals surface area (Å²) >= 11 is 3.27.